The number of pyridine rings is 1. The van der Waals surface area contributed by atoms with Crippen LogP contribution in [0.25, 0.3) is 17.3 Å². The normalized spacial score (nSPS) is 24.8. The lowest BCUT2D eigenvalue weighted by Crippen LogP contribution is -2.41. The van der Waals surface area contributed by atoms with Crippen LogP contribution in [-0.2, 0) is 5.60 Å². The predicted octanol–water partition coefficient (Wildman–Crippen LogP) is 3.30. The maximum Gasteiger partial charge on any atom is 0.113 e. The van der Waals surface area contributed by atoms with Gasteiger partial charge < -0.3 is 10.0 Å². The van der Waals surface area contributed by atoms with E-state index >= 15 is 0 Å². The second-order valence-electron chi connectivity index (χ2n) is 6.72. The molecule has 2 aromatic rings. The molecule has 118 valence electrons. The summed E-state index contributed by atoms with van der Waals surface area (Å²) in [7, 11) is 2.15. The molecule has 3 heteroatoms. The smallest absolute Gasteiger partial charge is 0.113 e. The van der Waals surface area contributed by atoms with Gasteiger partial charge in [0.05, 0.1) is 5.69 Å². The van der Waals surface area contributed by atoms with E-state index in [9.17, 15) is 5.11 Å². The summed E-state index contributed by atoms with van der Waals surface area (Å²) < 4.78 is 0. The van der Waals surface area contributed by atoms with Crippen molar-refractivity contribution in [3.8, 4) is 11.3 Å². The van der Waals surface area contributed by atoms with Gasteiger partial charge >= 0.3 is 0 Å². The van der Waals surface area contributed by atoms with Crippen molar-refractivity contribution >= 4 is 6.08 Å². The molecule has 1 saturated heterocycles. The van der Waals surface area contributed by atoms with Crippen LogP contribution in [0.4, 0.5) is 0 Å². The SMILES string of the molecule is CN1CCC(C2(O)C=Cc3ccccc3-c3ncccc32)CC1. The molecule has 0 bridgehead atoms. The summed E-state index contributed by atoms with van der Waals surface area (Å²) in [5.41, 5.74) is 3.13. The van der Waals surface area contributed by atoms with Crippen molar-refractivity contribution in [2.24, 2.45) is 5.92 Å². The molecule has 1 fully saturated rings. The number of likely N-dealkylation sites (tertiary alicyclic amines) is 1. The zero-order valence-electron chi connectivity index (χ0n) is 13.4. The fourth-order valence-electron chi connectivity index (χ4n) is 3.91. The van der Waals surface area contributed by atoms with Crippen molar-refractivity contribution in [1.82, 2.24) is 9.88 Å². The van der Waals surface area contributed by atoms with Crippen LogP contribution >= 0.6 is 0 Å². The summed E-state index contributed by atoms with van der Waals surface area (Å²) in [6, 6.07) is 12.2. The summed E-state index contributed by atoms with van der Waals surface area (Å²) >= 11 is 0. The van der Waals surface area contributed by atoms with Gasteiger partial charge in [0.2, 0.25) is 0 Å². The first-order valence-corrected chi connectivity index (χ1v) is 8.33. The maximum absolute atomic E-state index is 11.6. The van der Waals surface area contributed by atoms with Gasteiger partial charge in [-0.1, -0.05) is 36.4 Å². The Bertz CT molecular complexity index is 747. The number of fused-ring (bicyclic) bond motifs is 3. The summed E-state index contributed by atoms with van der Waals surface area (Å²) in [6.07, 6.45) is 7.88. The first-order valence-electron chi connectivity index (χ1n) is 8.33. The van der Waals surface area contributed by atoms with Crippen LogP contribution in [0, 0.1) is 5.92 Å². The second kappa shape index (κ2) is 5.59. The van der Waals surface area contributed by atoms with Crippen LogP contribution in [0.1, 0.15) is 24.0 Å². The van der Waals surface area contributed by atoms with Crippen molar-refractivity contribution in [2.75, 3.05) is 20.1 Å². The van der Waals surface area contributed by atoms with Gasteiger partial charge in [-0.25, -0.2) is 0 Å². The maximum atomic E-state index is 11.6. The molecule has 0 saturated carbocycles. The highest BCUT2D eigenvalue weighted by atomic mass is 16.3. The predicted molar refractivity (Wildman–Crippen MR) is 92.8 cm³/mol. The van der Waals surface area contributed by atoms with Gasteiger partial charge in [-0.15, -0.1) is 0 Å². The summed E-state index contributed by atoms with van der Waals surface area (Å²) in [5.74, 6) is 0.229. The van der Waals surface area contributed by atoms with Gasteiger partial charge in [-0.3, -0.25) is 4.98 Å². The standard InChI is InChI=1S/C20H22N2O/c1-22-13-9-16(10-14-22)20(23)11-8-15-5-2-3-6-17(15)19-18(20)7-4-12-21-19/h2-8,11-12,16,23H,9-10,13-14H2,1H3. The van der Waals surface area contributed by atoms with Crippen molar-refractivity contribution < 1.29 is 5.11 Å². The quantitative estimate of drug-likeness (QED) is 0.878. The van der Waals surface area contributed by atoms with E-state index in [4.69, 9.17) is 0 Å². The van der Waals surface area contributed by atoms with Gasteiger partial charge in [0, 0.05) is 17.3 Å². The topological polar surface area (TPSA) is 36.4 Å². The molecule has 4 rings (SSSR count). The molecule has 3 nitrogen and oxygen atoms in total. The van der Waals surface area contributed by atoms with Crippen LogP contribution in [0.5, 0.6) is 0 Å². The third kappa shape index (κ3) is 2.41. The van der Waals surface area contributed by atoms with E-state index in [0.717, 1.165) is 48.3 Å². The van der Waals surface area contributed by atoms with Gasteiger partial charge in [-0.05, 0) is 56.6 Å². The minimum atomic E-state index is -0.941. The number of hydrogen-bond acceptors (Lipinski definition) is 3. The van der Waals surface area contributed by atoms with Crippen molar-refractivity contribution in [3.05, 3.63) is 59.8 Å². The van der Waals surface area contributed by atoms with Crippen LogP contribution < -0.4 is 0 Å². The molecule has 0 radical (unpaired) electrons. The third-order valence-corrected chi connectivity index (χ3v) is 5.31. The molecule has 0 spiro atoms. The van der Waals surface area contributed by atoms with Gasteiger partial charge in [0.25, 0.3) is 0 Å². The zero-order valence-corrected chi connectivity index (χ0v) is 13.4. The lowest BCUT2D eigenvalue weighted by molar-refractivity contribution is -0.00311. The minimum Gasteiger partial charge on any atom is -0.381 e. The zero-order chi connectivity index (χ0) is 15.9. The van der Waals surface area contributed by atoms with Gasteiger partial charge in [-0.2, -0.15) is 0 Å². The van der Waals surface area contributed by atoms with Crippen LogP contribution in [0.15, 0.2) is 48.7 Å². The van der Waals surface area contributed by atoms with Crippen molar-refractivity contribution in [1.29, 1.82) is 0 Å². The number of rotatable bonds is 1. The molecule has 0 amide bonds. The first-order chi connectivity index (χ1) is 11.2. The van der Waals surface area contributed by atoms with Crippen LogP contribution in [0.3, 0.4) is 0 Å². The summed E-state index contributed by atoms with van der Waals surface area (Å²) in [4.78, 5) is 6.95. The summed E-state index contributed by atoms with van der Waals surface area (Å²) in [5, 5.41) is 11.6. The Morgan fingerprint density at radius 2 is 1.91 bits per heavy atom. The Morgan fingerprint density at radius 3 is 2.74 bits per heavy atom. The number of hydrogen-bond donors (Lipinski definition) is 1. The average Bonchev–Trinajstić information content (AvgIpc) is 2.72. The molecular weight excluding hydrogens is 284 g/mol. The Kier molecular flexibility index (Phi) is 3.55. The number of aliphatic hydroxyl groups is 1. The number of piperidine rings is 1. The number of nitrogens with zero attached hydrogens (tertiary/aromatic N) is 2. The third-order valence-electron chi connectivity index (χ3n) is 5.31. The Morgan fingerprint density at radius 1 is 1.13 bits per heavy atom. The molecule has 1 aliphatic heterocycles. The molecule has 1 aromatic heterocycles. The monoisotopic (exact) mass is 306 g/mol. The van der Waals surface area contributed by atoms with Gasteiger partial charge in [0.15, 0.2) is 0 Å². The van der Waals surface area contributed by atoms with E-state index in [1.54, 1.807) is 0 Å². The first kappa shape index (κ1) is 14.6. The molecule has 1 atom stereocenters. The van der Waals surface area contributed by atoms with E-state index < -0.39 is 5.60 Å². The highest BCUT2D eigenvalue weighted by molar-refractivity contribution is 5.78. The Balaban J connectivity index is 1.86. The Labute approximate surface area is 137 Å². The molecule has 23 heavy (non-hydrogen) atoms. The lowest BCUT2D eigenvalue weighted by atomic mass is 9.75. The Hall–Kier alpha value is -1.97. The summed E-state index contributed by atoms with van der Waals surface area (Å²) in [6.45, 7) is 2.06. The van der Waals surface area contributed by atoms with E-state index in [1.807, 2.05) is 36.5 Å². The van der Waals surface area contributed by atoms with Crippen LogP contribution in [0.2, 0.25) is 0 Å². The molecule has 2 aliphatic rings. The average molecular weight is 306 g/mol. The number of benzene rings is 1. The molecular formula is C20H22N2O. The molecule has 2 heterocycles. The molecule has 1 unspecified atom stereocenters. The highest BCUT2D eigenvalue weighted by Gasteiger charge is 2.40. The van der Waals surface area contributed by atoms with E-state index in [2.05, 4.69) is 35.1 Å². The van der Waals surface area contributed by atoms with Gasteiger partial charge in [0.1, 0.15) is 5.60 Å². The van der Waals surface area contributed by atoms with Crippen LogP contribution in [-0.4, -0.2) is 35.1 Å². The molecule has 1 N–H and O–H groups in total. The van der Waals surface area contributed by atoms with E-state index in [1.165, 1.54) is 0 Å². The largest absolute Gasteiger partial charge is 0.381 e. The lowest BCUT2D eigenvalue weighted by Gasteiger charge is -2.39. The fourth-order valence-corrected chi connectivity index (χ4v) is 3.91. The molecule has 1 aromatic carbocycles. The van der Waals surface area contributed by atoms with E-state index in [-0.39, 0.29) is 5.92 Å². The highest BCUT2D eigenvalue weighted by Crippen LogP contribution is 2.44. The molecule has 1 aliphatic carbocycles. The van der Waals surface area contributed by atoms with E-state index in [0.29, 0.717) is 0 Å². The van der Waals surface area contributed by atoms with Crippen molar-refractivity contribution in [2.45, 2.75) is 18.4 Å². The minimum absolute atomic E-state index is 0.229. The second-order valence-corrected chi connectivity index (χ2v) is 6.72. The van der Waals surface area contributed by atoms with Crippen molar-refractivity contribution in [3.63, 3.8) is 0 Å². The fraction of sp³-hybridized carbons (Fsp3) is 0.350. The number of aromatic nitrogens is 1.